The fraction of sp³-hybridized carbons (Fsp3) is 0.167. The van der Waals surface area contributed by atoms with Gasteiger partial charge in [-0.05, 0) is 56.3 Å². The molecule has 0 fully saturated rings. The van der Waals surface area contributed by atoms with Crippen LogP contribution in [0.2, 0.25) is 10.0 Å². The van der Waals surface area contributed by atoms with Crippen molar-refractivity contribution >= 4 is 56.4 Å². The second-order valence-electron chi connectivity index (χ2n) is 7.64. The average Bonchev–Trinajstić information content (AvgIpc) is 2.78. The number of sulfonamides is 1. The van der Waals surface area contributed by atoms with Crippen molar-refractivity contribution in [2.45, 2.75) is 24.8 Å². The van der Waals surface area contributed by atoms with Crippen molar-refractivity contribution in [2.24, 2.45) is 0 Å². The molecule has 7 nitrogen and oxygen atoms in total. The number of nitrogens with one attached hydrogen (secondary N) is 2. The summed E-state index contributed by atoms with van der Waals surface area (Å²) in [5, 5.41) is 5.80. The highest BCUT2D eigenvalue weighted by atomic mass is 35.5. The Hall–Kier alpha value is -3.07. The highest BCUT2D eigenvalue weighted by Gasteiger charge is 2.29. The Bertz CT molecular complexity index is 1300. The van der Waals surface area contributed by atoms with Gasteiger partial charge < -0.3 is 10.6 Å². The van der Waals surface area contributed by atoms with Crippen LogP contribution < -0.4 is 14.9 Å². The molecule has 2 N–H and O–H groups in total. The summed E-state index contributed by atoms with van der Waals surface area (Å²) in [6, 6.07) is 18.4. The van der Waals surface area contributed by atoms with Gasteiger partial charge in [-0.15, -0.1) is 0 Å². The highest BCUT2D eigenvalue weighted by Crippen LogP contribution is 2.32. The summed E-state index contributed by atoms with van der Waals surface area (Å²) in [6.07, 6.45) is 0. The second-order valence-corrected chi connectivity index (χ2v) is 10.3. The Morgan fingerprint density at radius 1 is 0.941 bits per heavy atom. The smallest absolute Gasteiger partial charge is 0.264 e. The van der Waals surface area contributed by atoms with Crippen molar-refractivity contribution in [1.82, 2.24) is 5.32 Å². The number of para-hydroxylation sites is 1. The van der Waals surface area contributed by atoms with Gasteiger partial charge in [0.2, 0.25) is 5.91 Å². The summed E-state index contributed by atoms with van der Waals surface area (Å²) in [7, 11) is -4.15. The van der Waals surface area contributed by atoms with Crippen LogP contribution >= 0.6 is 23.2 Å². The molecule has 10 heteroatoms. The van der Waals surface area contributed by atoms with Crippen LogP contribution in [0.1, 0.15) is 24.2 Å². The van der Waals surface area contributed by atoms with Crippen LogP contribution in [-0.4, -0.2) is 32.8 Å². The van der Waals surface area contributed by atoms with Gasteiger partial charge in [0.25, 0.3) is 15.9 Å². The third kappa shape index (κ3) is 6.08. The maximum absolute atomic E-state index is 13.4. The molecule has 3 aromatic carbocycles. The monoisotopic (exact) mass is 519 g/mol. The number of carbonyl (C=O) groups excluding carboxylic acids is 2. The van der Waals surface area contributed by atoms with Crippen molar-refractivity contribution in [3.8, 4) is 0 Å². The lowest BCUT2D eigenvalue weighted by Gasteiger charge is -2.25. The maximum Gasteiger partial charge on any atom is 0.264 e. The first-order chi connectivity index (χ1) is 16.1. The van der Waals surface area contributed by atoms with E-state index < -0.39 is 22.5 Å². The second kappa shape index (κ2) is 10.9. The number of nitrogens with zero attached hydrogens (tertiary/aromatic N) is 1. The number of carbonyl (C=O) groups is 2. The van der Waals surface area contributed by atoms with Crippen LogP contribution in [0.25, 0.3) is 0 Å². The van der Waals surface area contributed by atoms with Gasteiger partial charge in [0, 0.05) is 11.1 Å². The van der Waals surface area contributed by atoms with Gasteiger partial charge in [0.1, 0.15) is 6.54 Å². The predicted octanol–water partition coefficient (Wildman–Crippen LogP) is 4.97. The number of benzene rings is 3. The summed E-state index contributed by atoms with van der Waals surface area (Å²) in [6.45, 7) is 3.06. The van der Waals surface area contributed by atoms with E-state index in [-0.39, 0.29) is 38.8 Å². The van der Waals surface area contributed by atoms with Crippen LogP contribution in [0.15, 0.2) is 77.7 Å². The topological polar surface area (TPSA) is 95.6 Å². The number of hydrogen-bond donors (Lipinski definition) is 2. The van der Waals surface area contributed by atoms with Crippen LogP contribution in [0.3, 0.4) is 0 Å². The summed E-state index contributed by atoms with van der Waals surface area (Å²) < 4.78 is 27.8. The molecule has 178 valence electrons. The Morgan fingerprint density at radius 3 is 2.24 bits per heavy atom. The predicted molar refractivity (Wildman–Crippen MR) is 135 cm³/mol. The zero-order valence-corrected chi connectivity index (χ0v) is 20.8. The quantitative estimate of drug-likeness (QED) is 0.439. The first-order valence-electron chi connectivity index (χ1n) is 10.3. The van der Waals surface area contributed by atoms with Gasteiger partial charge >= 0.3 is 0 Å². The minimum atomic E-state index is -4.15. The molecule has 3 aromatic rings. The largest absolute Gasteiger partial charge is 0.350 e. The molecular formula is C24H23Cl2N3O4S. The molecule has 0 saturated carbocycles. The number of hydrogen-bond acceptors (Lipinski definition) is 4. The molecule has 0 spiro atoms. The highest BCUT2D eigenvalue weighted by molar-refractivity contribution is 7.92. The normalized spacial score (nSPS) is 11.2. The lowest BCUT2D eigenvalue weighted by Crippen LogP contribution is -2.38. The lowest BCUT2D eigenvalue weighted by molar-refractivity contribution is -0.114. The SMILES string of the molecule is CC(C)NC(=O)c1ccccc1NC(=O)CN(c1ccc(Cl)cc1Cl)S(=O)(=O)c1ccccc1. The van der Waals surface area contributed by atoms with E-state index in [2.05, 4.69) is 10.6 Å². The van der Waals surface area contributed by atoms with Gasteiger partial charge in [-0.25, -0.2) is 8.42 Å². The Labute approximate surface area is 208 Å². The standard InChI is InChI=1S/C24H23Cl2N3O4S/c1-16(2)27-24(31)19-10-6-7-11-21(19)28-23(30)15-29(22-13-12-17(25)14-20(22)26)34(32,33)18-8-4-3-5-9-18/h3-14,16H,15H2,1-2H3,(H,27,31)(H,28,30). The molecule has 0 bridgehead atoms. The minimum absolute atomic E-state index is 0.00877. The molecule has 0 aliphatic heterocycles. The number of anilines is 2. The molecule has 0 aliphatic carbocycles. The molecule has 34 heavy (non-hydrogen) atoms. The van der Waals surface area contributed by atoms with E-state index in [1.54, 1.807) is 42.5 Å². The molecule has 3 rings (SSSR count). The van der Waals surface area contributed by atoms with Crippen molar-refractivity contribution in [1.29, 1.82) is 0 Å². The lowest BCUT2D eigenvalue weighted by atomic mass is 10.1. The van der Waals surface area contributed by atoms with E-state index >= 15 is 0 Å². The first kappa shape index (κ1) is 25.6. The molecule has 0 heterocycles. The van der Waals surface area contributed by atoms with Gasteiger partial charge in [0.05, 0.1) is 26.9 Å². The maximum atomic E-state index is 13.4. The molecule has 0 unspecified atom stereocenters. The molecule has 0 aliphatic rings. The van der Waals surface area contributed by atoms with Crippen LogP contribution in [0.4, 0.5) is 11.4 Å². The van der Waals surface area contributed by atoms with Crippen molar-refractivity contribution in [3.05, 3.63) is 88.4 Å². The fourth-order valence-corrected chi connectivity index (χ4v) is 5.17. The van der Waals surface area contributed by atoms with E-state index in [9.17, 15) is 18.0 Å². The van der Waals surface area contributed by atoms with E-state index in [1.165, 1.54) is 30.3 Å². The Kier molecular flexibility index (Phi) is 8.19. The van der Waals surface area contributed by atoms with Crippen molar-refractivity contribution in [3.63, 3.8) is 0 Å². The number of rotatable bonds is 8. The zero-order valence-electron chi connectivity index (χ0n) is 18.5. The van der Waals surface area contributed by atoms with Gasteiger partial charge in [-0.2, -0.15) is 0 Å². The van der Waals surface area contributed by atoms with Crippen molar-refractivity contribution in [2.75, 3.05) is 16.2 Å². The summed E-state index contributed by atoms with van der Waals surface area (Å²) >= 11 is 12.3. The van der Waals surface area contributed by atoms with Gasteiger partial charge in [-0.1, -0.05) is 53.5 Å². The Morgan fingerprint density at radius 2 is 1.59 bits per heavy atom. The molecule has 0 radical (unpaired) electrons. The van der Waals surface area contributed by atoms with Crippen LogP contribution in [0.5, 0.6) is 0 Å². The molecule has 2 amide bonds. The van der Waals surface area contributed by atoms with E-state index in [1.807, 2.05) is 13.8 Å². The van der Waals surface area contributed by atoms with Gasteiger partial charge in [0.15, 0.2) is 0 Å². The summed E-state index contributed by atoms with van der Waals surface area (Å²) in [4.78, 5) is 25.5. The van der Waals surface area contributed by atoms with E-state index in [0.717, 1.165) is 4.31 Å². The van der Waals surface area contributed by atoms with Crippen molar-refractivity contribution < 1.29 is 18.0 Å². The number of halogens is 2. The summed E-state index contributed by atoms with van der Waals surface area (Å²) in [5.41, 5.74) is 0.604. The Balaban J connectivity index is 1.96. The first-order valence-corrected chi connectivity index (χ1v) is 12.5. The minimum Gasteiger partial charge on any atom is -0.350 e. The van der Waals surface area contributed by atoms with Crippen LogP contribution in [-0.2, 0) is 14.8 Å². The molecular weight excluding hydrogens is 497 g/mol. The van der Waals surface area contributed by atoms with E-state index in [0.29, 0.717) is 5.02 Å². The van der Waals surface area contributed by atoms with E-state index in [4.69, 9.17) is 23.2 Å². The molecule has 0 aromatic heterocycles. The molecule has 0 saturated heterocycles. The molecule has 0 atom stereocenters. The third-order valence-corrected chi connectivity index (χ3v) is 6.97. The third-order valence-electron chi connectivity index (χ3n) is 4.66. The zero-order chi connectivity index (χ0) is 24.9. The van der Waals surface area contributed by atoms with Gasteiger partial charge in [-0.3, -0.25) is 13.9 Å². The fourth-order valence-electron chi connectivity index (χ4n) is 3.15. The van der Waals surface area contributed by atoms with Crippen LogP contribution in [0, 0.1) is 0 Å². The summed E-state index contributed by atoms with van der Waals surface area (Å²) in [5.74, 6) is -1.02. The average molecular weight is 520 g/mol. The number of amides is 2.